The van der Waals surface area contributed by atoms with E-state index in [2.05, 4.69) is 22.8 Å². The molecule has 0 heterocycles. The predicted molar refractivity (Wildman–Crippen MR) is 94.6 cm³/mol. The maximum atomic E-state index is 11.8. The molecule has 23 heavy (non-hydrogen) atoms. The molecule has 0 aliphatic rings. The van der Waals surface area contributed by atoms with Crippen LogP contribution >= 0.6 is 0 Å². The van der Waals surface area contributed by atoms with Gasteiger partial charge in [0, 0.05) is 18.8 Å². The maximum absolute atomic E-state index is 11.8. The second-order valence-electron chi connectivity index (χ2n) is 5.60. The van der Waals surface area contributed by atoms with Gasteiger partial charge in [-0.25, -0.2) is 4.79 Å². The Bertz CT molecular complexity index is 595. The van der Waals surface area contributed by atoms with Gasteiger partial charge in [-0.2, -0.15) is 0 Å². The van der Waals surface area contributed by atoms with E-state index in [1.165, 1.54) is 0 Å². The number of amides is 2. The number of urea groups is 1. The highest BCUT2D eigenvalue weighted by molar-refractivity contribution is 5.89. The molecule has 0 atom stereocenters. The monoisotopic (exact) mass is 312 g/mol. The Morgan fingerprint density at radius 2 is 1.65 bits per heavy atom. The number of carbonyl (C=O) groups excluding carboxylic acids is 1. The van der Waals surface area contributed by atoms with Crippen LogP contribution in [0.25, 0.3) is 11.1 Å². The molecule has 0 spiro atoms. The Kier molecular flexibility index (Phi) is 6.63. The lowest BCUT2D eigenvalue weighted by atomic mass is 10.1. The summed E-state index contributed by atoms with van der Waals surface area (Å²) in [4.78, 5) is 11.8. The van der Waals surface area contributed by atoms with Crippen molar-refractivity contribution in [1.82, 2.24) is 5.32 Å². The van der Waals surface area contributed by atoms with Crippen LogP contribution in [-0.2, 0) is 4.74 Å². The van der Waals surface area contributed by atoms with E-state index in [0.717, 1.165) is 23.2 Å². The second kappa shape index (κ2) is 8.96. The predicted octanol–water partition coefficient (Wildman–Crippen LogP) is 4.29. The molecular weight excluding hydrogens is 288 g/mol. The van der Waals surface area contributed by atoms with Gasteiger partial charge in [0.25, 0.3) is 0 Å². The molecule has 4 nitrogen and oxygen atoms in total. The van der Waals surface area contributed by atoms with Gasteiger partial charge in [-0.05, 0) is 43.5 Å². The van der Waals surface area contributed by atoms with Crippen LogP contribution in [0.2, 0.25) is 0 Å². The van der Waals surface area contributed by atoms with Crippen molar-refractivity contribution in [2.75, 3.05) is 18.5 Å². The summed E-state index contributed by atoms with van der Waals surface area (Å²) in [5.41, 5.74) is 3.07. The number of benzene rings is 2. The van der Waals surface area contributed by atoms with Crippen LogP contribution in [0.5, 0.6) is 0 Å². The lowest BCUT2D eigenvalue weighted by molar-refractivity contribution is 0.0775. The van der Waals surface area contributed by atoms with Crippen molar-refractivity contribution in [3.8, 4) is 11.1 Å². The fraction of sp³-hybridized carbons (Fsp3) is 0.316. The van der Waals surface area contributed by atoms with Crippen molar-refractivity contribution in [3.05, 3.63) is 54.6 Å². The molecule has 0 saturated carbocycles. The molecule has 0 fully saturated rings. The Morgan fingerprint density at radius 3 is 2.30 bits per heavy atom. The molecule has 2 N–H and O–H groups in total. The minimum absolute atomic E-state index is 0.193. The van der Waals surface area contributed by atoms with Gasteiger partial charge >= 0.3 is 6.03 Å². The summed E-state index contributed by atoms with van der Waals surface area (Å²) in [6.45, 7) is 5.25. The zero-order chi connectivity index (χ0) is 16.5. The molecule has 0 aliphatic heterocycles. The maximum Gasteiger partial charge on any atom is 0.319 e. The van der Waals surface area contributed by atoms with E-state index < -0.39 is 0 Å². The summed E-state index contributed by atoms with van der Waals surface area (Å²) in [5, 5.41) is 5.65. The van der Waals surface area contributed by atoms with Crippen LogP contribution in [0, 0.1) is 0 Å². The van der Waals surface area contributed by atoms with E-state index >= 15 is 0 Å². The van der Waals surface area contributed by atoms with Crippen LogP contribution in [-0.4, -0.2) is 25.3 Å². The second-order valence-corrected chi connectivity index (χ2v) is 5.60. The van der Waals surface area contributed by atoms with Gasteiger partial charge in [0.2, 0.25) is 0 Å². The molecule has 0 aliphatic carbocycles. The van der Waals surface area contributed by atoms with Gasteiger partial charge in [0.1, 0.15) is 0 Å². The molecule has 122 valence electrons. The number of rotatable bonds is 7. The molecule has 2 aromatic carbocycles. The number of nitrogens with one attached hydrogen (secondary N) is 2. The van der Waals surface area contributed by atoms with E-state index in [0.29, 0.717) is 13.2 Å². The van der Waals surface area contributed by atoms with E-state index in [-0.39, 0.29) is 12.1 Å². The standard InChI is InChI=1S/C19H24N2O2/c1-15(2)23-14-6-13-20-19(22)21-18-11-9-17(10-12-18)16-7-4-3-5-8-16/h3-5,7-12,15H,6,13-14H2,1-2H3,(H2,20,21,22). The average molecular weight is 312 g/mol. The summed E-state index contributed by atoms with van der Waals surface area (Å²) in [7, 11) is 0. The minimum atomic E-state index is -0.193. The van der Waals surface area contributed by atoms with Gasteiger partial charge in [0.05, 0.1) is 6.10 Å². The third-order valence-corrected chi connectivity index (χ3v) is 3.31. The largest absolute Gasteiger partial charge is 0.379 e. The van der Waals surface area contributed by atoms with Crippen molar-refractivity contribution in [2.45, 2.75) is 26.4 Å². The number of hydrogen-bond acceptors (Lipinski definition) is 2. The fourth-order valence-corrected chi connectivity index (χ4v) is 2.15. The summed E-state index contributed by atoms with van der Waals surface area (Å²) >= 11 is 0. The fourth-order valence-electron chi connectivity index (χ4n) is 2.15. The lowest BCUT2D eigenvalue weighted by Gasteiger charge is -2.10. The first-order valence-electron chi connectivity index (χ1n) is 7.97. The van der Waals surface area contributed by atoms with E-state index in [1.807, 2.05) is 56.3 Å². The number of ether oxygens (including phenoxy) is 1. The van der Waals surface area contributed by atoms with E-state index in [4.69, 9.17) is 4.74 Å². The highest BCUT2D eigenvalue weighted by Crippen LogP contribution is 2.20. The molecule has 0 bridgehead atoms. The van der Waals surface area contributed by atoms with Crippen molar-refractivity contribution < 1.29 is 9.53 Å². The normalized spacial score (nSPS) is 10.6. The van der Waals surface area contributed by atoms with Crippen molar-refractivity contribution in [3.63, 3.8) is 0 Å². The van der Waals surface area contributed by atoms with Gasteiger partial charge < -0.3 is 15.4 Å². The van der Waals surface area contributed by atoms with Crippen LogP contribution in [0.4, 0.5) is 10.5 Å². The smallest absolute Gasteiger partial charge is 0.319 e. The molecule has 0 unspecified atom stereocenters. The van der Waals surface area contributed by atoms with Crippen LogP contribution in [0.3, 0.4) is 0 Å². The number of hydrogen-bond donors (Lipinski definition) is 2. The third-order valence-electron chi connectivity index (χ3n) is 3.31. The molecule has 4 heteroatoms. The Morgan fingerprint density at radius 1 is 1.00 bits per heavy atom. The van der Waals surface area contributed by atoms with Crippen molar-refractivity contribution in [1.29, 1.82) is 0 Å². The topological polar surface area (TPSA) is 50.4 Å². The summed E-state index contributed by atoms with van der Waals surface area (Å²) < 4.78 is 5.43. The molecule has 0 aromatic heterocycles. The van der Waals surface area contributed by atoms with Crippen LogP contribution in [0.15, 0.2) is 54.6 Å². The van der Waals surface area contributed by atoms with Crippen LogP contribution < -0.4 is 10.6 Å². The highest BCUT2D eigenvalue weighted by atomic mass is 16.5. The van der Waals surface area contributed by atoms with E-state index in [1.54, 1.807) is 0 Å². The zero-order valence-corrected chi connectivity index (χ0v) is 13.7. The molecule has 0 saturated heterocycles. The molecule has 0 radical (unpaired) electrons. The Hall–Kier alpha value is -2.33. The average Bonchev–Trinajstić information content (AvgIpc) is 2.56. The van der Waals surface area contributed by atoms with Gasteiger partial charge in [-0.1, -0.05) is 42.5 Å². The summed E-state index contributed by atoms with van der Waals surface area (Å²) in [6.07, 6.45) is 1.03. The van der Waals surface area contributed by atoms with Gasteiger partial charge in [0.15, 0.2) is 0 Å². The number of anilines is 1. The zero-order valence-electron chi connectivity index (χ0n) is 13.7. The van der Waals surface area contributed by atoms with E-state index in [9.17, 15) is 4.79 Å². The van der Waals surface area contributed by atoms with Gasteiger partial charge in [-0.15, -0.1) is 0 Å². The Balaban J connectivity index is 1.76. The van der Waals surface area contributed by atoms with Gasteiger partial charge in [-0.3, -0.25) is 0 Å². The van der Waals surface area contributed by atoms with Crippen molar-refractivity contribution in [2.24, 2.45) is 0 Å². The highest BCUT2D eigenvalue weighted by Gasteiger charge is 2.02. The summed E-state index contributed by atoms with van der Waals surface area (Å²) in [5.74, 6) is 0. The molecule has 2 rings (SSSR count). The first kappa shape index (κ1) is 17.0. The third kappa shape index (κ3) is 6.12. The van der Waals surface area contributed by atoms with Crippen molar-refractivity contribution >= 4 is 11.7 Å². The summed E-state index contributed by atoms with van der Waals surface area (Å²) in [6, 6.07) is 17.8. The molecular formula is C19H24N2O2. The van der Waals surface area contributed by atoms with Crippen LogP contribution in [0.1, 0.15) is 20.3 Å². The first-order valence-corrected chi connectivity index (χ1v) is 7.97. The molecule has 2 aromatic rings. The molecule has 2 amide bonds. The first-order chi connectivity index (χ1) is 11.1. The number of carbonyl (C=O) groups is 1. The quantitative estimate of drug-likeness (QED) is 0.749. The minimum Gasteiger partial charge on any atom is -0.379 e. The SMILES string of the molecule is CC(C)OCCCNC(=O)Nc1ccc(-c2ccccc2)cc1. The lowest BCUT2D eigenvalue weighted by Crippen LogP contribution is -2.30. The Labute approximate surface area is 137 Å².